The van der Waals surface area contributed by atoms with Gasteiger partial charge in [-0.15, -0.1) is 0 Å². The Morgan fingerprint density at radius 2 is 1.79 bits per heavy atom. The molecule has 0 bridgehead atoms. The first-order valence-corrected chi connectivity index (χ1v) is 10.2. The number of carbonyl (C=O) groups is 1. The zero-order chi connectivity index (χ0) is 20.1. The fourth-order valence-corrected chi connectivity index (χ4v) is 3.72. The van der Waals surface area contributed by atoms with Gasteiger partial charge < -0.3 is 9.47 Å². The molecule has 0 aromatic heterocycles. The van der Waals surface area contributed by atoms with Crippen LogP contribution in [-0.2, 0) is 6.54 Å². The van der Waals surface area contributed by atoms with E-state index >= 15 is 0 Å². The molecule has 0 amide bonds. The minimum Gasteiger partial charge on any atom is -0.491 e. The summed E-state index contributed by atoms with van der Waals surface area (Å²) in [5.74, 6) is 1.85. The predicted octanol–water partition coefficient (Wildman–Crippen LogP) is 4.95. The van der Waals surface area contributed by atoms with Crippen molar-refractivity contribution in [3.63, 3.8) is 0 Å². The molecule has 4 nitrogen and oxygen atoms in total. The van der Waals surface area contributed by atoms with Gasteiger partial charge in [0.1, 0.15) is 23.9 Å². The summed E-state index contributed by atoms with van der Waals surface area (Å²) in [6.45, 7) is 11.0. The molecule has 0 unspecified atom stereocenters. The summed E-state index contributed by atoms with van der Waals surface area (Å²) in [6.07, 6.45) is 3.24. The Morgan fingerprint density at radius 1 is 1.11 bits per heavy atom. The van der Waals surface area contributed by atoms with Crippen LogP contribution >= 0.6 is 0 Å². The van der Waals surface area contributed by atoms with Crippen LogP contribution in [0.5, 0.6) is 11.5 Å². The quantitative estimate of drug-likeness (QED) is 0.636. The number of hydrogen-bond acceptors (Lipinski definition) is 4. The third-order valence-electron chi connectivity index (χ3n) is 5.21. The number of carbonyl (C=O) groups excluding carboxylic acids is 1. The third-order valence-corrected chi connectivity index (χ3v) is 5.21. The number of piperidine rings is 1. The van der Waals surface area contributed by atoms with Gasteiger partial charge in [-0.05, 0) is 57.7 Å². The summed E-state index contributed by atoms with van der Waals surface area (Å²) in [5.41, 5.74) is 4.19. The van der Waals surface area contributed by atoms with Gasteiger partial charge in [0.2, 0.25) is 0 Å². The Kier molecular flexibility index (Phi) is 6.74. The first-order valence-electron chi connectivity index (χ1n) is 10.2. The monoisotopic (exact) mass is 381 g/mol. The smallest absolute Gasteiger partial charge is 0.150 e. The summed E-state index contributed by atoms with van der Waals surface area (Å²) < 4.78 is 12.3. The number of aldehydes is 1. The summed E-state index contributed by atoms with van der Waals surface area (Å²) in [4.78, 5) is 13.5. The SMILES string of the molecule is Cc1cccc(C)c1OC1CCN(Cc2ccc(C=O)cc2OC(C)C)CC1. The van der Waals surface area contributed by atoms with E-state index < -0.39 is 0 Å². The minimum absolute atomic E-state index is 0.0807. The van der Waals surface area contributed by atoms with E-state index in [9.17, 15) is 4.79 Å². The Hall–Kier alpha value is -2.33. The average Bonchev–Trinajstić information content (AvgIpc) is 2.67. The molecular weight excluding hydrogens is 350 g/mol. The summed E-state index contributed by atoms with van der Waals surface area (Å²) >= 11 is 0. The van der Waals surface area contributed by atoms with Crippen molar-refractivity contribution in [2.75, 3.05) is 13.1 Å². The minimum atomic E-state index is 0.0807. The Labute approximate surface area is 168 Å². The highest BCUT2D eigenvalue weighted by molar-refractivity contribution is 5.75. The number of nitrogens with zero attached hydrogens (tertiary/aromatic N) is 1. The van der Waals surface area contributed by atoms with Crippen LogP contribution in [0.25, 0.3) is 0 Å². The zero-order valence-corrected chi connectivity index (χ0v) is 17.4. The lowest BCUT2D eigenvalue weighted by Crippen LogP contribution is -2.38. The molecule has 28 heavy (non-hydrogen) atoms. The Bertz CT molecular complexity index is 787. The van der Waals surface area contributed by atoms with E-state index in [-0.39, 0.29) is 12.2 Å². The molecule has 0 radical (unpaired) electrons. The second-order valence-corrected chi connectivity index (χ2v) is 7.97. The van der Waals surface area contributed by atoms with Crippen molar-refractivity contribution >= 4 is 6.29 Å². The van der Waals surface area contributed by atoms with Crippen molar-refractivity contribution in [2.24, 2.45) is 0 Å². The molecule has 2 aromatic rings. The highest BCUT2D eigenvalue weighted by Crippen LogP contribution is 2.28. The first kappa shape index (κ1) is 20.4. The molecule has 0 aliphatic carbocycles. The lowest BCUT2D eigenvalue weighted by molar-refractivity contribution is 0.0948. The lowest BCUT2D eigenvalue weighted by Gasteiger charge is -2.33. The van der Waals surface area contributed by atoms with Gasteiger partial charge in [-0.2, -0.15) is 0 Å². The van der Waals surface area contributed by atoms with E-state index in [4.69, 9.17) is 9.47 Å². The molecule has 150 valence electrons. The van der Waals surface area contributed by atoms with Gasteiger partial charge in [-0.3, -0.25) is 9.69 Å². The standard InChI is InChI=1S/C24H31NO3/c1-17(2)27-23-14-20(16-26)8-9-21(23)15-25-12-10-22(11-13-25)28-24-18(3)6-5-7-19(24)4/h5-9,14,16-17,22H,10-13,15H2,1-4H3. The van der Waals surface area contributed by atoms with Crippen molar-refractivity contribution in [3.05, 3.63) is 58.7 Å². The van der Waals surface area contributed by atoms with Gasteiger partial charge in [0.15, 0.2) is 0 Å². The van der Waals surface area contributed by atoms with Crippen LogP contribution in [0.1, 0.15) is 53.7 Å². The average molecular weight is 382 g/mol. The fourth-order valence-electron chi connectivity index (χ4n) is 3.72. The molecule has 4 heteroatoms. The molecule has 0 atom stereocenters. The van der Waals surface area contributed by atoms with Crippen LogP contribution in [0.2, 0.25) is 0 Å². The summed E-state index contributed by atoms with van der Waals surface area (Å²) in [6, 6.07) is 12.0. The summed E-state index contributed by atoms with van der Waals surface area (Å²) in [7, 11) is 0. The molecule has 1 saturated heterocycles. The van der Waals surface area contributed by atoms with Gasteiger partial charge in [0, 0.05) is 30.8 Å². The van der Waals surface area contributed by atoms with Gasteiger partial charge in [-0.25, -0.2) is 0 Å². The first-order chi connectivity index (χ1) is 13.5. The van der Waals surface area contributed by atoms with E-state index in [0.717, 1.165) is 55.8 Å². The molecule has 1 heterocycles. The molecule has 2 aromatic carbocycles. The van der Waals surface area contributed by atoms with Crippen LogP contribution in [-0.4, -0.2) is 36.5 Å². The van der Waals surface area contributed by atoms with Crippen LogP contribution in [0, 0.1) is 13.8 Å². The normalized spacial score (nSPS) is 15.6. The summed E-state index contributed by atoms with van der Waals surface area (Å²) in [5, 5.41) is 0. The number of ether oxygens (including phenoxy) is 2. The number of para-hydroxylation sites is 1. The largest absolute Gasteiger partial charge is 0.491 e. The van der Waals surface area contributed by atoms with E-state index in [2.05, 4.69) is 36.9 Å². The van der Waals surface area contributed by atoms with Crippen molar-refractivity contribution in [2.45, 2.75) is 59.3 Å². The maximum absolute atomic E-state index is 11.1. The van der Waals surface area contributed by atoms with Crippen LogP contribution in [0.15, 0.2) is 36.4 Å². The van der Waals surface area contributed by atoms with Gasteiger partial charge >= 0.3 is 0 Å². The van der Waals surface area contributed by atoms with Crippen LogP contribution in [0.4, 0.5) is 0 Å². The number of benzene rings is 2. The van der Waals surface area contributed by atoms with Gasteiger partial charge in [0.25, 0.3) is 0 Å². The highest BCUT2D eigenvalue weighted by atomic mass is 16.5. The van der Waals surface area contributed by atoms with Crippen molar-refractivity contribution < 1.29 is 14.3 Å². The Balaban J connectivity index is 1.61. The predicted molar refractivity (Wildman–Crippen MR) is 112 cm³/mol. The molecule has 1 aliphatic rings. The second-order valence-electron chi connectivity index (χ2n) is 7.97. The molecule has 1 aliphatic heterocycles. The van der Waals surface area contributed by atoms with E-state index in [0.29, 0.717) is 5.56 Å². The van der Waals surface area contributed by atoms with Crippen molar-refractivity contribution in [1.82, 2.24) is 4.90 Å². The second kappa shape index (κ2) is 9.24. The van der Waals surface area contributed by atoms with E-state index in [1.54, 1.807) is 0 Å². The number of hydrogen-bond donors (Lipinski definition) is 0. The van der Waals surface area contributed by atoms with Crippen LogP contribution < -0.4 is 9.47 Å². The maximum atomic E-state index is 11.1. The van der Waals surface area contributed by atoms with Gasteiger partial charge in [0.05, 0.1) is 6.10 Å². The lowest BCUT2D eigenvalue weighted by atomic mass is 10.0. The topological polar surface area (TPSA) is 38.8 Å². The fraction of sp³-hybridized carbons (Fsp3) is 0.458. The van der Waals surface area contributed by atoms with Crippen molar-refractivity contribution in [1.29, 1.82) is 0 Å². The molecule has 0 spiro atoms. The molecule has 0 N–H and O–H groups in total. The van der Waals surface area contributed by atoms with E-state index in [1.165, 1.54) is 11.1 Å². The van der Waals surface area contributed by atoms with E-state index in [1.807, 2.05) is 32.0 Å². The third kappa shape index (κ3) is 5.14. The van der Waals surface area contributed by atoms with Crippen molar-refractivity contribution in [3.8, 4) is 11.5 Å². The number of aryl methyl sites for hydroxylation is 2. The molecule has 1 fully saturated rings. The van der Waals surface area contributed by atoms with Gasteiger partial charge in [-0.1, -0.05) is 30.3 Å². The highest BCUT2D eigenvalue weighted by Gasteiger charge is 2.22. The molecule has 0 saturated carbocycles. The molecular formula is C24H31NO3. The number of rotatable bonds is 7. The zero-order valence-electron chi connectivity index (χ0n) is 17.4. The maximum Gasteiger partial charge on any atom is 0.150 e. The number of likely N-dealkylation sites (tertiary alicyclic amines) is 1. The van der Waals surface area contributed by atoms with Crippen LogP contribution in [0.3, 0.4) is 0 Å². The molecule has 3 rings (SSSR count). The Morgan fingerprint density at radius 3 is 2.39 bits per heavy atom.